The quantitative estimate of drug-likeness (QED) is 0.222. The second kappa shape index (κ2) is 13.0. The van der Waals surface area contributed by atoms with Crippen molar-refractivity contribution in [2.45, 2.75) is 87.2 Å². The van der Waals surface area contributed by atoms with Gasteiger partial charge in [0.15, 0.2) is 17.1 Å². The highest BCUT2D eigenvalue weighted by Gasteiger charge is 2.59. The summed E-state index contributed by atoms with van der Waals surface area (Å²) in [7, 11) is 0. The number of hydrogen-bond acceptors (Lipinski definition) is 12. The first-order valence-electron chi connectivity index (χ1n) is 13.6. The van der Waals surface area contributed by atoms with E-state index in [9.17, 15) is 28.3 Å². The van der Waals surface area contributed by atoms with Crippen molar-refractivity contribution >= 4 is 45.9 Å². The Morgan fingerprint density at radius 1 is 1.18 bits per heavy atom. The van der Waals surface area contributed by atoms with Gasteiger partial charge in [0.2, 0.25) is 18.0 Å². The zero-order valence-electron chi connectivity index (χ0n) is 24.7. The molecule has 1 aliphatic heterocycles. The molecule has 1 fully saturated rings. The first-order valence-corrected chi connectivity index (χ1v) is 15.4. The monoisotopic (exact) mass is 656 g/mol. The molecule has 1 aliphatic rings. The van der Waals surface area contributed by atoms with Crippen molar-refractivity contribution in [3.63, 3.8) is 0 Å². The van der Waals surface area contributed by atoms with Crippen molar-refractivity contribution < 1.29 is 37.7 Å². The first-order chi connectivity index (χ1) is 20.5. The summed E-state index contributed by atoms with van der Waals surface area (Å²) in [5, 5.41) is 24.4. The van der Waals surface area contributed by atoms with Crippen LogP contribution in [0.3, 0.4) is 0 Å². The maximum absolute atomic E-state index is 14.4. The normalized spacial score (nSPS) is 20.1. The lowest BCUT2D eigenvalue weighted by Gasteiger charge is -2.23. The number of ether oxygens (including phenoxy) is 1. The van der Waals surface area contributed by atoms with E-state index in [1.807, 2.05) is 20.8 Å². The second-order valence-electron chi connectivity index (χ2n) is 11.9. The van der Waals surface area contributed by atoms with Gasteiger partial charge in [-0.15, -0.1) is 11.8 Å². The minimum absolute atomic E-state index is 0.00635. The van der Waals surface area contributed by atoms with Crippen molar-refractivity contribution in [1.82, 2.24) is 19.5 Å². The summed E-state index contributed by atoms with van der Waals surface area (Å²) in [5.41, 5.74) is -2.42. The molecule has 0 aliphatic carbocycles. The van der Waals surface area contributed by atoms with Gasteiger partial charge in [0, 0.05) is 23.4 Å². The number of hydrogen-bond donors (Lipinski definition) is 4. The summed E-state index contributed by atoms with van der Waals surface area (Å²) >= 11 is 2.80. The van der Waals surface area contributed by atoms with E-state index < -0.39 is 48.0 Å². The maximum atomic E-state index is 14.4. The number of aromatic nitrogens is 4. The molecule has 1 saturated heterocycles. The summed E-state index contributed by atoms with van der Waals surface area (Å²) in [4.78, 5) is 50.1. The van der Waals surface area contributed by atoms with Crippen LogP contribution in [0.2, 0.25) is 0 Å². The van der Waals surface area contributed by atoms with E-state index >= 15 is 0 Å². The smallest absolute Gasteiger partial charge is 0.351 e. The van der Waals surface area contributed by atoms with Crippen LogP contribution in [0.25, 0.3) is 0 Å². The highest BCUT2D eigenvalue weighted by atomic mass is 32.2. The molecule has 240 valence electrons. The molecule has 13 nitrogen and oxygen atoms in total. The van der Waals surface area contributed by atoms with E-state index in [1.54, 1.807) is 26.2 Å². The number of carbonyl (C=O) groups excluding carboxylic acids is 2. The summed E-state index contributed by atoms with van der Waals surface area (Å²) in [6, 6.07) is 1.13. The minimum Gasteiger partial charge on any atom is -0.444 e. The van der Waals surface area contributed by atoms with E-state index in [0.717, 1.165) is 22.2 Å². The third-order valence-electron chi connectivity index (χ3n) is 6.76. The summed E-state index contributed by atoms with van der Waals surface area (Å²) in [5.74, 6) is -3.00. The first kappa shape index (κ1) is 33.6. The highest BCUT2D eigenvalue weighted by Crippen LogP contribution is 2.42. The number of amides is 2. The zero-order valence-corrected chi connectivity index (χ0v) is 26.3. The maximum Gasteiger partial charge on any atom is 0.351 e. The molecule has 4 rings (SSSR count). The van der Waals surface area contributed by atoms with Crippen LogP contribution in [0.15, 0.2) is 38.1 Å². The average molecular weight is 657 g/mol. The van der Waals surface area contributed by atoms with Crippen LogP contribution in [0, 0.1) is 5.41 Å². The molecule has 0 spiro atoms. The van der Waals surface area contributed by atoms with Gasteiger partial charge in [-0.3, -0.25) is 14.2 Å². The van der Waals surface area contributed by atoms with Gasteiger partial charge < -0.3 is 30.0 Å². The molecule has 0 aromatic carbocycles. The number of anilines is 2. The summed E-state index contributed by atoms with van der Waals surface area (Å²) in [6.45, 7) is 8.39. The summed E-state index contributed by atoms with van der Waals surface area (Å²) in [6.07, 6.45) is -1.65. The van der Waals surface area contributed by atoms with Crippen molar-refractivity contribution in [3.8, 4) is 0 Å². The van der Waals surface area contributed by atoms with Crippen LogP contribution >= 0.6 is 23.1 Å². The van der Waals surface area contributed by atoms with E-state index in [4.69, 9.17) is 14.3 Å². The third-order valence-corrected chi connectivity index (χ3v) is 8.89. The Kier molecular flexibility index (Phi) is 9.94. The molecule has 3 atom stereocenters. The number of thioether (sulfide) groups is 1. The Bertz CT molecular complexity index is 1550. The lowest BCUT2D eigenvalue weighted by molar-refractivity contribution is -0.141. The van der Waals surface area contributed by atoms with Crippen LogP contribution < -0.4 is 16.3 Å². The summed E-state index contributed by atoms with van der Waals surface area (Å²) < 4.78 is 40.9. The number of rotatable bonds is 11. The lowest BCUT2D eigenvalue weighted by atomic mass is 9.86. The number of alkyl halides is 2. The van der Waals surface area contributed by atoms with E-state index in [1.165, 1.54) is 23.1 Å². The zero-order chi connectivity index (χ0) is 32.4. The molecular formula is C27H34F2N6O7S2. The predicted octanol–water partition coefficient (Wildman–Crippen LogP) is 3.55. The Hall–Kier alpha value is -3.25. The number of oxazole rings is 1. The number of carbonyl (C=O) groups is 2. The topological polar surface area (TPSA) is 182 Å². The standard InChI is InChI=1S/C27H34F2N6O7S2/c1-25(2,3)21-30-10-14(41-21)13-43-18-11-31-23(44-18)34-17(37)6-8-26(4,5)20(39)32-16-7-9-35(24(40)33-16)22-27(28,29)19(38)15(12-36)42-22/h7,9-11,15,19,22,36,38H,6,8,12-13H2,1-5H3,(H,31,34,37)(H,32,33,39,40)/t15?,19-,22+/m0/s1. The molecule has 2 amide bonds. The molecule has 0 radical (unpaired) electrons. The van der Waals surface area contributed by atoms with Gasteiger partial charge in [-0.2, -0.15) is 13.8 Å². The number of aliphatic hydroxyl groups excluding tert-OH is 2. The Balaban J connectivity index is 1.27. The van der Waals surface area contributed by atoms with Crippen LogP contribution in [-0.4, -0.2) is 66.3 Å². The van der Waals surface area contributed by atoms with Crippen molar-refractivity contribution in [2.75, 3.05) is 17.2 Å². The SMILES string of the molecule is CC(C)(CCC(=O)Nc1ncc(SCc2cnc(C(C)(C)C)o2)s1)C(=O)Nc1ccn([C@@H]2OC(CO)[C@H](O)C2(F)F)c(=O)n1. The predicted molar refractivity (Wildman–Crippen MR) is 158 cm³/mol. The van der Waals surface area contributed by atoms with Crippen LogP contribution in [0.4, 0.5) is 19.7 Å². The van der Waals surface area contributed by atoms with Gasteiger partial charge >= 0.3 is 11.6 Å². The lowest BCUT2D eigenvalue weighted by Crippen LogP contribution is -2.42. The molecule has 0 saturated carbocycles. The number of nitrogens with one attached hydrogen (secondary N) is 2. The van der Waals surface area contributed by atoms with Crippen molar-refractivity contribution in [3.05, 3.63) is 46.8 Å². The fraction of sp³-hybridized carbons (Fsp3) is 0.556. The molecule has 0 bridgehead atoms. The fourth-order valence-corrected chi connectivity index (χ4v) is 5.79. The molecule has 3 aromatic rings. The van der Waals surface area contributed by atoms with Crippen LogP contribution in [0.1, 0.15) is 65.3 Å². The van der Waals surface area contributed by atoms with Crippen molar-refractivity contribution in [2.24, 2.45) is 5.41 Å². The number of thiazole rings is 1. The van der Waals surface area contributed by atoms with Gasteiger partial charge in [-0.05, 0) is 12.5 Å². The van der Waals surface area contributed by atoms with Gasteiger partial charge in [-0.25, -0.2) is 14.8 Å². The molecular weight excluding hydrogens is 622 g/mol. The Morgan fingerprint density at radius 3 is 2.52 bits per heavy atom. The fourth-order valence-electron chi connectivity index (χ4n) is 4.03. The largest absolute Gasteiger partial charge is 0.444 e. The van der Waals surface area contributed by atoms with Gasteiger partial charge in [0.25, 0.3) is 0 Å². The molecule has 1 unspecified atom stereocenters. The highest BCUT2D eigenvalue weighted by molar-refractivity contribution is 8.00. The minimum atomic E-state index is -3.86. The number of aliphatic hydroxyl groups is 2. The molecule has 17 heteroatoms. The van der Waals surface area contributed by atoms with E-state index in [0.29, 0.717) is 21.3 Å². The van der Waals surface area contributed by atoms with Crippen LogP contribution in [-0.2, 0) is 25.5 Å². The number of nitrogens with zero attached hydrogens (tertiary/aromatic N) is 4. The van der Waals surface area contributed by atoms with Gasteiger partial charge in [0.1, 0.15) is 17.7 Å². The molecule has 4 heterocycles. The van der Waals surface area contributed by atoms with E-state index in [2.05, 4.69) is 25.6 Å². The average Bonchev–Trinajstić information content (AvgIpc) is 3.66. The van der Waals surface area contributed by atoms with Gasteiger partial charge in [0.05, 0.1) is 29.0 Å². The second-order valence-corrected chi connectivity index (χ2v) is 14.2. The van der Waals surface area contributed by atoms with Crippen LogP contribution in [0.5, 0.6) is 0 Å². The molecule has 4 N–H and O–H groups in total. The number of halogens is 2. The molecule has 44 heavy (non-hydrogen) atoms. The molecule has 3 aromatic heterocycles. The van der Waals surface area contributed by atoms with Gasteiger partial charge in [-0.1, -0.05) is 46.0 Å². The Labute approximate surface area is 259 Å². The third kappa shape index (κ3) is 7.69. The van der Waals surface area contributed by atoms with E-state index in [-0.39, 0.29) is 30.0 Å². The Morgan fingerprint density at radius 2 is 1.91 bits per heavy atom. The van der Waals surface area contributed by atoms with Crippen molar-refractivity contribution in [1.29, 1.82) is 0 Å².